The van der Waals surface area contributed by atoms with Crippen molar-refractivity contribution in [3.8, 4) is 11.5 Å². The van der Waals surface area contributed by atoms with Gasteiger partial charge in [-0.25, -0.2) is 0 Å². The third-order valence-electron chi connectivity index (χ3n) is 3.73. The molecule has 3 rings (SSSR count). The number of fused-ring (bicyclic) bond motifs is 1. The Morgan fingerprint density at radius 2 is 1.73 bits per heavy atom. The first-order valence-electron chi connectivity index (χ1n) is 7.22. The normalized spacial score (nSPS) is 15.8. The molecule has 22 heavy (non-hydrogen) atoms. The molecule has 1 aliphatic heterocycles. The second-order valence-electron chi connectivity index (χ2n) is 6.49. The number of rotatable bonds is 1. The number of ether oxygens (including phenoxy) is 1. The maximum absolute atomic E-state index is 12.3. The van der Waals surface area contributed by atoms with E-state index in [-0.39, 0.29) is 22.7 Å². The van der Waals surface area contributed by atoms with Crippen LogP contribution in [0, 0.1) is 0 Å². The van der Waals surface area contributed by atoms with E-state index in [0.717, 1.165) is 5.56 Å². The molecule has 0 fully saturated rings. The van der Waals surface area contributed by atoms with Crippen LogP contribution in [0.25, 0.3) is 6.08 Å². The first-order chi connectivity index (χ1) is 10.3. The Labute approximate surface area is 129 Å². The summed E-state index contributed by atoms with van der Waals surface area (Å²) in [6.45, 7) is 6.48. The van der Waals surface area contributed by atoms with Crippen molar-refractivity contribution < 1.29 is 14.6 Å². The fraction of sp³-hybridized carbons (Fsp3) is 0.211. The predicted molar refractivity (Wildman–Crippen MR) is 86.2 cm³/mol. The summed E-state index contributed by atoms with van der Waals surface area (Å²) in [5.74, 6) is 0.615. The molecule has 3 heteroatoms. The van der Waals surface area contributed by atoms with Gasteiger partial charge in [-0.15, -0.1) is 0 Å². The summed E-state index contributed by atoms with van der Waals surface area (Å²) in [7, 11) is 0. The molecule has 112 valence electrons. The lowest BCUT2D eigenvalue weighted by Crippen LogP contribution is -2.10. The number of benzene rings is 2. The number of phenolic OH excluding ortho intramolecular Hbond substituents is 1. The smallest absolute Gasteiger partial charge is 0.231 e. The largest absolute Gasteiger partial charge is 0.508 e. The van der Waals surface area contributed by atoms with Gasteiger partial charge in [-0.2, -0.15) is 0 Å². The summed E-state index contributed by atoms with van der Waals surface area (Å²) in [5.41, 5.74) is 2.73. The Kier molecular flexibility index (Phi) is 3.28. The third-order valence-corrected chi connectivity index (χ3v) is 3.73. The zero-order chi connectivity index (χ0) is 15.9. The molecule has 1 heterocycles. The fourth-order valence-electron chi connectivity index (χ4n) is 2.41. The van der Waals surface area contributed by atoms with Gasteiger partial charge >= 0.3 is 0 Å². The molecule has 0 atom stereocenters. The van der Waals surface area contributed by atoms with E-state index in [9.17, 15) is 9.90 Å². The van der Waals surface area contributed by atoms with Crippen molar-refractivity contribution in [2.45, 2.75) is 26.2 Å². The molecular weight excluding hydrogens is 276 g/mol. The first-order valence-corrected chi connectivity index (χ1v) is 7.22. The molecule has 3 nitrogen and oxygen atoms in total. The molecule has 0 aromatic heterocycles. The number of hydrogen-bond acceptors (Lipinski definition) is 3. The maximum Gasteiger partial charge on any atom is 0.231 e. The summed E-state index contributed by atoms with van der Waals surface area (Å²) in [6, 6.07) is 12.6. The quantitative estimate of drug-likeness (QED) is 0.797. The number of carbonyl (C=O) groups is 1. The predicted octanol–water partition coefficient (Wildman–Crippen LogP) is 4.31. The Morgan fingerprint density at radius 1 is 1.05 bits per heavy atom. The van der Waals surface area contributed by atoms with Crippen molar-refractivity contribution in [1.29, 1.82) is 0 Å². The van der Waals surface area contributed by atoms with Crippen molar-refractivity contribution in [2.24, 2.45) is 0 Å². The van der Waals surface area contributed by atoms with E-state index >= 15 is 0 Å². The highest BCUT2D eigenvalue weighted by Gasteiger charge is 2.27. The summed E-state index contributed by atoms with van der Waals surface area (Å²) in [4.78, 5) is 12.3. The molecule has 0 saturated heterocycles. The summed E-state index contributed by atoms with van der Waals surface area (Å²) >= 11 is 0. The monoisotopic (exact) mass is 294 g/mol. The lowest BCUT2D eigenvalue weighted by Gasteiger charge is -2.18. The Balaban J connectivity index is 1.90. The number of hydrogen-bond donors (Lipinski definition) is 1. The molecule has 0 amide bonds. The van der Waals surface area contributed by atoms with Crippen LogP contribution >= 0.6 is 0 Å². The highest BCUT2D eigenvalue weighted by Crippen LogP contribution is 2.34. The molecule has 0 spiro atoms. The van der Waals surface area contributed by atoms with Crippen molar-refractivity contribution in [1.82, 2.24) is 0 Å². The minimum absolute atomic E-state index is 0.0855. The zero-order valence-corrected chi connectivity index (χ0v) is 12.9. The van der Waals surface area contributed by atoms with Gasteiger partial charge in [0.15, 0.2) is 5.76 Å². The fourth-order valence-corrected chi connectivity index (χ4v) is 2.41. The van der Waals surface area contributed by atoms with Crippen LogP contribution in [-0.4, -0.2) is 10.9 Å². The standard InChI is InChI=1S/C19H18O3/c1-19(2,3)13-6-4-12(5-7-13)10-17-18(21)15-9-8-14(20)11-16(15)22-17/h4-11,20H,1-3H3/b17-10+. The Hall–Kier alpha value is -2.55. The number of aromatic hydroxyl groups is 1. The van der Waals surface area contributed by atoms with E-state index in [0.29, 0.717) is 11.3 Å². The molecular formula is C19H18O3. The van der Waals surface area contributed by atoms with Crippen molar-refractivity contribution in [3.63, 3.8) is 0 Å². The minimum atomic E-state index is -0.158. The molecule has 0 unspecified atom stereocenters. The molecule has 2 aromatic carbocycles. The lowest BCUT2D eigenvalue weighted by molar-refractivity contribution is 0.101. The number of carbonyl (C=O) groups excluding carboxylic acids is 1. The van der Waals surface area contributed by atoms with Crippen molar-refractivity contribution in [2.75, 3.05) is 0 Å². The Morgan fingerprint density at radius 3 is 2.36 bits per heavy atom. The first kappa shape index (κ1) is 14.4. The van der Waals surface area contributed by atoms with E-state index in [1.54, 1.807) is 12.1 Å². The van der Waals surface area contributed by atoms with Crippen LogP contribution in [-0.2, 0) is 5.41 Å². The van der Waals surface area contributed by atoms with Gasteiger partial charge in [0.25, 0.3) is 0 Å². The highest BCUT2D eigenvalue weighted by atomic mass is 16.5. The van der Waals surface area contributed by atoms with Gasteiger partial charge in [-0.3, -0.25) is 4.79 Å². The van der Waals surface area contributed by atoms with E-state index in [1.165, 1.54) is 17.7 Å². The number of phenols is 1. The summed E-state index contributed by atoms with van der Waals surface area (Å²) in [6.07, 6.45) is 1.73. The molecule has 0 aliphatic carbocycles. The van der Waals surface area contributed by atoms with Gasteiger partial charge in [-0.1, -0.05) is 45.0 Å². The van der Waals surface area contributed by atoms with Crippen LogP contribution in [0.1, 0.15) is 42.3 Å². The average molecular weight is 294 g/mol. The number of ketones is 1. The van der Waals surface area contributed by atoms with E-state index < -0.39 is 0 Å². The van der Waals surface area contributed by atoms with Crippen LogP contribution in [0.3, 0.4) is 0 Å². The molecule has 1 N–H and O–H groups in total. The van der Waals surface area contributed by atoms with Gasteiger partial charge < -0.3 is 9.84 Å². The zero-order valence-electron chi connectivity index (χ0n) is 12.9. The third kappa shape index (κ3) is 2.62. The molecule has 1 aliphatic rings. The minimum Gasteiger partial charge on any atom is -0.508 e. The molecule has 0 bridgehead atoms. The number of allylic oxidation sites excluding steroid dienone is 1. The highest BCUT2D eigenvalue weighted by molar-refractivity contribution is 6.14. The van der Waals surface area contributed by atoms with Crippen LogP contribution in [0.4, 0.5) is 0 Å². The number of Topliss-reactive ketones (excluding diaryl/α,β-unsaturated/α-hetero) is 1. The summed E-state index contributed by atoms with van der Waals surface area (Å²) < 4.78 is 5.55. The average Bonchev–Trinajstić information content (AvgIpc) is 2.74. The second-order valence-corrected chi connectivity index (χ2v) is 6.49. The summed E-state index contributed by atoms with van der Waals surface area (Å²) in [5, 5.41) is 9.45. The van der Waals surface area contributed by atoms with E-state index in [4.69, 9.17) is 4.74 Å². The van der Waals surface area contributed by atoms with Crippen LogP contribution in [0.2, 0.25) is 0 Å². The van der Waals surface area contributed by atoms with Crippen LogP contribution < -0.4 is 4.74 Å². The molecule has 0 radical (unpaired) electrons. The maximum atomic E-state index is 12.3. The van der Waals surface area contributed by atoms with E-state index in [1.807, 2.05) is 12.1 Å². The van der Waals surface area contributed by atoms with Gasteiger partial charge in [0, 0.05) is 6.07 Å². The van der Waals surface area contributed by atoms with Gasteiger partial charge in [0.2, 0.25) is 5.78 Å². The topological polar surface area (TPSA) is 46.5 Å². The molecule has 0 saturated carbocycles. The molecule has 2 aromatic rings. The van der Waals surface area contributed by atoms with Gasteiger partial charge in [-0.05, 0) is 34.8 Å². The van der Waals surface area contributed by atoms with Gasteiger partial charge in [0.1, 0.15) is 11.5 Å². The SMILES string of the molecule is CC(C)(C)c1ccc(/C=C2/Oc3cc(O)ccc3C2=O)cc1. The van der Waals surface area contributed by atoms with Gasteiger partial charge in [0.05, 0.1) is 5.56 Å². The Bertz CT molecular complexity index is 762. The van der Waals surface area contributed by atoms with Crippen molar-refractivity contribution >= 4 is 11.9 Å². The lowest BCUT2D eigenvalue weighted by atomic mass is 9.86. The second kappa shape index (κ2) is 5.02. The van der Waals surface area contributed by atoms with Crippen LogP contribution in [0.15, 0.2) is 48.2 Å². The van der Waals surface area contributed by atoms with E-state index in [2.05, 4.69) is 32.9 Å². The van der Waals surface area contributed by atoms with Crippen molar-refractivity contribution in [3.05, 3.63) is 64.9 Å². The van der Waals surface area contributed by atoms with Crippen LogP contribution in [0.5, 0.6) is 11.5 Å².